The number of aromatic carboxylic acids is 1. The number of carbonyl (C=O) groups is 1. The van der Waals surface area contributed by atoms with Gasteiger partial charge in [-0.25, -0.2) is 9.78 Å². The highest BCUT2D eigenvalue weighted by atomic mass is 16.4. The van der Waals surface area contributed by atoms with Crippen molar-refractivity contribution in [1.29, 1.82) is 0 Å². The van der Waals surface area contributed by atoms with Gasteiger partial charge in [-0.15, -0.1) is 0 Å². The van der Waals surface area contributed by atoms with Gasteiger partial charge in [-0.1, -0.05) is 6.92 Å². The molecule has 0 bridgehead atoms. The number of nitrogens with one attached hydrogen (secondary N) is 1. The number of rotatable bonds is 5. The van der Waals surface area contributed by atoms with Crippen molar-refractivity contribution < 1.29 is 9.90 Å². The third-order valence-electron chi connectivity index (χ3n) is 4.27. The maximum Gasteiger partial charge on any atom is 0.339 e. The van der Waals surface area contributed by atoms with E-state index in [4.69, 9.17) is 0 Å². The molecule has 1 fully saturated rings. The maximum atomic E-state index is 11.4. The van der Waals surface area contributed by atoms with Crippen LogP contribution in [0.2, 0.25) is 0 Å². The van der Waals surface area contributed by atoms with E-state index in [9.17, 15) is 9.90 Å². The molecule has 1 saturated heterocycles. The molecule has 0 radical (unpaired) electrons. The summed E-state index contributed by atoms with van der Waals surface area (Å²) >= 11 is 0. The molecule has 1 aliphatic rings. The van der Waals surface area contributed by atoms with Crippen LogP contribution in [0.4, 0.5) is 5.82 Å². The van der Waals surface area contributed by atoms with Gasteiger partial charge in [0.2, 0.25) is 0 Å². The Morgan fingerprint density at radius 2 is 2.10 bits per heavy atom. The molecule has 2 heterocycles. The molecular weight excluding hydrogens is 266 g/mol. The van der Waals surface area contributed by atoms with Crippen LogP contribution in [0.5, 0.6) is 0 Å². The lowest BCUT2D eigenvalue weighted by molar-refractivity contribution is 0.0696. The number of anilines is 1. The highest BCUT2D eigenvalue weighted by Crippen LogP contribution is 2.21. The van der Waals surface area contributed by atoms with Crippen LogP contribution in [0.3, 0.4) is 0 Å². The van der Waals surface area contributed by atoms with Gasteiger partial charge in [0.1, 0.15) is 11.4 Å². The molecule has 0 spiro atoms. The van der Waals surface area contributed by atoms with Gasteiger partial charge >= 0.3 is 5.97 Å². The highest BCUT2D eigenvalue weighted by molar-refractivity contribution is 5.94. The van der Waals surface area contributed by atoms with Gasteiger partial charge in [0.25, 0.3) is 0 Å². The van der Waals surface area contributed by atoms with Gasteiger partial charge in [-0.2, -0.15) is 0 Å². The SMILES string of the molecule is CCN1CCC(CNc2nc(C)cc(C)c2C(=O)O)CC1. The van der Waals surface area contributed by atoms with Gasteiger partial charge in [-0.05, 0) is 63.9 Å². The highest BCUT2D eigenvalue weighted by Gasteiger charge is 2.20. The second kappa shape index (κ2) is 6.89. The molecule has 0 atom stereocenters. The number of nitrogens with zero attached hydrogens (tertiary/aromatic N) is 2. The minimum absolute atomic E-state index is 0.298. The van der Waals surface area contributed by atoms with E-state index in [-0.39, 0.29) is 0 Å². The van der Waals surface area contributed by atoms with E-state index in [0.717, 1.165) is 50.3 Å². The number of piperidine rings is 1. The van der Waals surface area contributed by atoms with Crippen LogP contribution >= 0.6 is 0 Å². The summed E-state index contributed by atoms with van der Waals surface area (Å²) in [7, 11) is 0. The first-order valence-corrected chi connectivity index (χ1v) is 7.69. The van der Waals surface area contributed by atoms with E-state index < -0.39 is 5.97 Å². The van der Waals surface area contributed by atoms with Crippen molar-refractivity contribution in [3.8, 4) is 0 Å². The molecule has 1 aromatic rings. The predicted octanol–water partition coefficient (Wildman–Crippen LogP) is 2.54. The monoisotopic (exact) mass is 291 g/mol. The minimum atomic E-state index is -0.914. The second-order valence-electron chi connectivity index (χ2n) is 5.87. The quantitative estimate of drug-likeness (QED) is 0.872. The summed E-state index contributed by atoms with van der Waals surface area (Å²) in [6, 6.07) is 1.81. The average molecular weight is 291 g/mol. The molecule has 5 nitrogen and oxygen atoms in total. The van der Waals surface area contributed by atoms with Crippen LogP contribution in [0, 0.1) is 19.8 Å². The van der Waals surface area contributed by atoms with Crippen molar-refractivity contribution in [2.75, 3.05) is 31.5 Å². The molecule has 1 aliphatic heterocycles. The van der Waals surface area contributed by atoms with Crippen molar-refractivity contribution in [3.63, 3.8) is 0 Å². The van der Waals surface area contributed by atoms with E-state index in [1.54, 1.807) is 0 Å². The number of aromatic nitrogens is 1. The lowest BCUT2D eigenvalue weighted by Crippen LogP contribution is -2.35. The zero-order chi connectivity index (χ0) is 15.4. The lowest BCUT2D eigenvalue weighted by Gasteiger charge is -2.31. The normalized spacial score (nSPS) is 16.9. The molecule has 5 heteroatoms. The van der Waals surface area contributed by atoms with E-state index in [1.807, 2.05) is 19.9 Å². The number of carboxylic acid groups (broad SMARTS) is 1. The van der Waals surface area contributed by atoms with Crippen LogP contribution in [0.15, 0.2) is 6.07 Å². The Balaban J connectivity index is 2.02. The smallest absolute Gasteiger partial charge is 0.339 e. The van der Waals surface area contributed by atoms with Crippen molar-refractivity contribution >= 4 is 11.8 Å². The first kappa shape index (κ1) is 15.8. The van der Waals surface area contributed by atoms with Gasteiger partial charge in [0, 0.05) is 12.2 Å². The van der Waals surface area contributed by atoms with Crippen molar-refractivity contribution in [1.82, 2.24) is 9.88 Å². The molecule has 0 amide bonds. The average Bonchev–Trinajstić information content (AvgIpc) is 2.44. The van der Waals surface area contributed by atoms with Crippen molar-refractivity contribution in [3.05, 3.63) is 22.9 Å². The summed E-state index contributed by atoms with van der Waals surface area (Å²) in [4.78, 5) is 18.2. The molecule has 1 aromatic heterocycles. The van der Waals surface area contributed by atoms with Crippen LogP contribution in [-0.2, 0) is 0 Å². The minimum Gasteiger partial charge on any atom is -0.478 e. The standard InChI is InChI=1S/C16H25N3O2/c1-4-19-7-5-13(6-8-19)10-17-15-14(16(20)21)11(2)9-12(3)18-15/h9,13H,4-8,10H2,1-3H3,(H,17,18)(H,20,21). The first-order chi connectivity index (χ1) is 10.0. The molecule has 116 valence electrons. The Bertz CT molecular complexity index is 508. The van der Waals surface area contributed by atoms with Crippen LogP contribution < -0.4 is 5.32 Å². The molecule has 2 rings (SSSR count). The van der Waals surface area contributed by atoms with Gasteiger partial charge < -0.3 is 15.3 Å². The molecule has 0 unspecified atom stereocenters. The molecular formula is C16H25N3O2. The Kier molecular flexibility index (Phi) is 5.17. The number of carboxylic acids is 1. The number of hydrogen-bond acceptors (Lipinski definition) is 4. The second-order valence-corrected chi connectivity index (χ2v) is 5.87. The Morgan fingerprint density at radius 1 is 1.43 bits per heavy atom. The molecule has 0 saturated carbocycles. The largest absolute Gasteiger partial charge is 0.478 e. The van der Waals surface area contributed by atoms with Gasteiger partial charge in [-0.3, -0.25) is 0 Å². The molecule has 0 aliphatic carbocycles. The lowest BCUT2D eigenvalue weighted by atomic mass is 9.96. The van der Waals surface area contributed by atoms with E-state index in [1.165, 1.54) is 0 Å². The maximum absolute atomic E-state index is 11.4. The van der Waals surface area contributed by atoms with E-state index >= 15 is 0 Å². The van der Waals surface area contributed by atoms with Crippen LogP contribution in [-0.4, -0.2) is 47.1 Å². The summed E-state index contributed by atoms with van der Waals surface area (Å²) in [5, 5.41) is 12.6. The zero-order valence-corrected chi connectivity index (χ0v) is 13.1. The summed E-state index contributed by atoms with van der Waals surface area (Å²) in [6.45, 7) is 10.1. The van der Waals surface area contributed by atoms with Gasteiger partial charge in [0.05, 0.1) is 0 Å². The van der Waals surface area contributed by atoms with Gasteiger partial charge in [0.15, 0.2) is 0 Å². The van der Waals surface area contributed by atoms with E-state index in [0.29, 0.717) is 17.3 Å². The zero-order valence-electron chi connectivity index (χ0n) is 13.1. The predicted molar refractivity (Wildman–Crippen MR) is 84.0 cm³/mol. The number of pyridine rings is 1. The summed E-state index contributed by atoms with van der Waals surface area (Å²) in [5.74, 6) is 0.193. The fourth-order valence-electron chi connectivity index (χ4n) is 2.98. The number of likely N-dealkylation sites (tertiary alicyclic amines) is 1. The Hall–Kier alpha value is -1.62. The summed E-state index contributed by atoms with van der Waals surface area (Å²) < 4.78 is 0. The Labute approximate surface area is 126 Å². The van der Waals surface area contributed by atoms with Crippen molar-refractivity contribution in [2.24, 2.45) is 5.92 Å². The summed E-state index contributed by atoms with van der Waals surface area (Å²) in [6.07, 6.45) is 2.32. The third-order valence-corrected chi connectivity index (χ3v) is 4.27. The van der Waals surface area contributed by atoms with Crippen molar-refractivity contribution in [2.45, 2.75) is 33.6 Å². The molecule has 0 aromatic carbocycles. The Morgan fingerprint density at radius 3 is 2.67 bits per heavy atom. The van der Waals surface area contributed by atoms with Crippen LogP contribution in [0.1, 0.15) is 41.4 Å². The number of aryl methyl sites for hydroxylation is 2. The fourth-order valence-corrected chi connectivity index (χ4v) is 2.98. The topological polar surface area (TPSA) is 65.5 Å². The number of hydrogen-bond donors (Lipinski definition) is 2. The third kappa shape index (κ3) is 3.94. The van der Waals surface area contributed by atoms with Crippen LogP contribution in [0.25, 0.3) is 0 Å². The molecule has 21 heavy (non-hydrogen) atoms. The molecule has 2 N–H and O–H groups in total. The van der Waals surface area contributed by atoms with E-state index in [2.05, 4.69) is 22.1 Å². The fraction of sp³-hybridized carbons (Fsp3) is 0.625. The first-order valence-electron chi connectivity index (χ1n) is 7.69. The summed E-state index contributed by atoms with van der Waals surface area (Å²) in [5.41, 5.74) is 1.91.